The van der Waals surface area contributed by atoms with Gasteiger partial charge in [0.15, 0.2) is 11.8 Å². The number of guanidine groups is 1. The number of hydrogen-bond acceptors (Lipinski definition) is 4. The third-order valence-electron chi connectivity index (χ3n) is 1.05. The summed E-state index contributed by atoms with van der Waals surface area (Å²) in [4.78, 5) is 11.2. The summed E-state index contributed by atoms with van der Waals surface area (Å²) in [6, 6.07) is 0. The van der Waals surface area contributed by atoms with Gasteiger partial charge in [-0.1, -0.05) is 0 Å². The van der Waals surface area contributed by atoms with E-state index in [0.29, 0.717) is 10.3 Å². The van der Waals surface area contributed by atoms with Crippen molar-refractivity contribution in [3.05, 3.63) is 10.9 Å². The van der Waals surface area contributed by atoms with Crippen molar-refractivity contribution < 1.29 is 0 Å². The normalized spacial score (nSPS) is 8.69. The highest BCUT2D eigenvalue weighted by Crippen LogP contribution is 2.24. The Morgan fingerprint density at radius 3 is 2.54 bits per heavy atom. The van der Waals surface area contributed by atoms with Crippen molar-refractivity contribution in [2.24, 2.45) is 16.5 Å². The van der Waals surface area contributed by atoms with E-state index in [1.807, 2.05) is 0 Å². The zero-order valence-corrected chi connectivity index (χ0v) is 9.74. The first-order valence-corrected chi connectivity index (χ1v) is 3.76. The molecule has 6 N–H and O–H groups in total. The Hall–Kier alpha value is -0.890. The molecule has 0 fully saturated rings. The van der Waals surface area contributed by atoms with Gasteiger partial charge < -0.3 is 17.2 Å². The lowest BCUT2D eigenvalue weighted by atomic mass is 10.5. The van der Waals surface area contributed by atoms with Crippen LogP contribution in [-0.2, 0) is 0 Å². The van der Waals surface area contributed by atoms with Crippen molar-refractivity contribution >= 4 is 50.4 Å². The molecule has 1 aromatic rings. The molecule has 0 aliphatic heterocycles. The highest BCUT2D eigenvalue weighted by Gasteiger charge is 2.03. The average molecular weight is 312 g/mol. The topological polar surface area (TPSA) is 116 Å². The van der Waals surface area contributed by atoms with Crippen molar-refractivity contribution in [1.29, 1.82) is 0 Å². The van der Waals surface area contributed by atoms with Gasteiger partial charge in [-0.05, 0) is 15.9 Å². The fourth-order valence-electron chi connectivity index (χ4n) is 0.577. The predicted octanol–water partition coefficient (Wildman–Crippen LogP) is 0.304. The van der Waals surface area contributed by atoms with Gasteiger partial charge in [0, 0.05) is 0 Å². The van der Waals surface area contributed by atoms with E-state index in [-0.39, 0.29) is 28.8 Å². The number of nitrogen functional groups attached to an aromatic ring is 1. The number of nitrogens with zero attached hydrogens (tertiary/aromatic N) is 3. The Morgan fingerprint density at radius 1 is 1.38 bits per heavy atom. The second-order valence-corrected chi connectivity index (χ2v) is 2.69. The third-order valence-corrected chi connectivity index (χ3v) is 1.68. The summed E-state index contributed by atoms with van der Waals surface area (Å²) in [5, 5.41) is 0. The lowest BCUT2D eigenvalue weighted by Crippen LogP contribution is -2.22. The average Bonchev–Trinajstić information content (AvgIpc) is 1.98. The fourth-order valence-corrected chi connectivity index (χ4v) is 0.846. The third kappa shape index (κ3) is 3.15. The van der Waals surface area contributed by atoms with E-state index < -0.39 is 0 Å². The molecule has 8 heteroatoms. The number of anilines is 1. The van der Waals surface area contributed by atoms with E-state index in [0.717, 1.165) is 0 Å². The lowest BCUT2D eigenvalue weighted by molar-refractivity contribution is 1.13. The number of rotatable bonds is 1. The molecule has 0 saturated heterocycles. The van der Waals surface area contributed by atoms with Crippen LogP contribution in [0.3, 0.4) is 0 Å². The standard InChI is InChI=1S/C5H7BrN6.BrH/c6-3-2(7)4(11-1-10-3)12-5(8)9;/h1H,7H2,(H4,8,9,10,11,12);1H. The molecule has 1 heterocycles. The van der Waals surface area contributed by atoms with E-state index in [2.05, 4.69) is 30.9 Å². The monoisotopic (exact) mass is 310 g/mol. The molecule has 0 aromatic carbocycles. The molecular weight excluding hydrogens is 304 g/mol. The first kappa shape index (κ1) is 12.1. The van der Waals surface area contributed by atoms with Crippen LogP contribution in [0.1, 0.15) is 0 Å². The van der Waals surface area contributed by atoms with Gasteiger partial charge in [-0.2, -0.15) is 4.99 Å². The van der Waals surface area contributed by atoms with Crippen molar-refractivity contribution in [3.8, 4) is 0 Å². The van der Waals surface area contributed by atoms with Gasteiger partial charge in [0.2, 0.25) is 0 Å². The molecule has 6 nitrogen and oxygen atoms in total. The fraction of sp³-hybridized carbons (Fsp3) is 0. The maximum Gasteiger partial charge on any atom is 0.192 e. The molecule has 0 amide bonds. The van der Waals surface area contributed by atoms with Gasteiger partial charge in [0.05, 0.1) is 0 Å². The number of aliphatic imine (C=N–C) groups is 1. The minimum atomic E-state index is -0.0905. The Balaban J connectivity index is 0.00000144. The van der Waals surface area contributed by atoms with Crippen molar-refractivity contribution in [3.63, 3.8) is 0 Å². The minimum Gasteiger partial charge on any atom is -0.393 e. The number of hydrogen-bond donors (Lipinski definition) is 3. The Labute approximate surface area is 93.5 Å². The zero-order valence-electron chi connectivity index (χ0n) is 6.44. The van der Waals surface area contributed by atoms with Gasteiger partial charge in [-0.15, -0.1) is 17.0 Å². The van der Waals surface area contributed by atoms with Crippen LogP contribution in [0.5, 0.6) is 0 Å². The predicted molar refractivity (Wildman–Crippen MR) is 59.9 cm³/mol. The molecule has 0 aliphatic carbocycles. The van der Waals surface area contributed by atoms with Crippen LogP contribution in [-0.4, -0.2) is 15.9 Å². The van der Waals surface area contributed by atoms with Crippen LogP contribution in [0.2, 0.25) is 0 Å². The highest BCUT2D eigenvalue weighted by atomic mass is 79.9. The second-order valence-electron chi connectivity index (χ2n) is 1.94. The molecule has 0 atom stereocenters. The first-order valence-electron chi connectivity index (χ1n) is 2.97. The number of nitrogens with two attached hydrogens (primary N) is 3. The van der Waals surface area contributed by atoms with Crippen LogP contribution in [0.4, 0.5) is 11.5 Å². The second kappa shape index (κ2) is 4.97. The SMILES string of the molecule is Br.NC(N)=Nc1ncnc(Br)c1N. The summed E-state index contributed by atoms with van der Waals surface area (Å²) in [5.74, 6) is 0.171. The molecule has 1 rings (SSSR count). The van der Waals surface area contributed by atoms with Crippen molar-refractivity contribution in [2.75, 3.05) is 5.73 Å². The zero-order chi connectivity index (χ0) is 9.14. The Bertz CT molecular complexity index is 321. The summed E-state index contributed by atoms with van der Waals surface area (Å²) >= 11 is 3.11. The molecule has 0 saturated carbocycles. The van der Waals surface area contributed by atoms with Crippen molar-refractivity contribution in [1.82, 2.24) is 9.97 Å². The molecule has 0 spiro atoms. The van der Waals surface area contributed by atoms with Crippen LogP contribution < -0.4 is 17.2 Å². The number of halogens is 2. The molecule has 0 aliphatic rings. The van der Waals surface area contributed by atoms with Crippen LogP contribution in [0, 0.1) is 0 Å². The van der Waals surface area contributed by atoms with E-state index in [9.17, 15) is 0 Å². The Morgan fingerprint density at radius 2 is 2.00 bits per heavy atom. The molecule has 0 radical (unpaired) electrons. The van der Waals surface area contributed by atoms with Gasteiger partial charge in [0.1, 0.15) is 16.6 Å². The first-order chi connectivity index (χ1) is 5.61. The summed E-state index contributed by atoms with van der Waals surface area (Å²) in [5.41, 5.74) is 16.1. The summed E-state index contributed by atoms with van der Waals surface area (Å²) in [6.45, 7) is 0. The quantitative estimate of drug-likeness (QED) is 0.392. The van der Waals surface area contributed by atoms with Crippen LogP contribution >= 0.6 is 32.9 Å². The van der Waals surface area contributed by atoms with Gasteiger partial charge in [-0.25, -0.2) is 9.97 Å². The van der Waals surface area contributed by atoms with E-state index >= 15 is 0 Å². The van der Waals surface area contributed by atoms with E-state index in [4.69, 9.17) is 17.2 Å². The molecule has 13 heavy (non-hydrogen) atoms. The maximum atomic E-state index is 5.54. The van der Waals surface area contributed by atoms with E-state index in [1.54, 1.807) is 0 Å². The van der Waals surface area contributed by atoms with Gasteiger partial charge in [-0.3, -0.25) is 0 Å². The summed E-state index contributed by atoms with van der Waals surface area (Å²) in [7, 11) is 0. The Kier molecular flexibility index (Phi) is 4.63. The highest BCUT2D eigenvalue weighted by molar-refractivity contribution is 9.10. The van der Waals surface area contributed by atoms with E-state index in [1.165, 1.54) is 6.33 Å². The smallest absolute Gasteiger partial charge is 0.192 e. The van der Waals surface area contributed by atoms with Crippen molar-refractivity contribution in [2.45, 2.75) is 0 Å². The number of aromatic nitrogens is 2. The molecule has 0 bridgehead atoms. The van der Waals surface area contributed by atoms with Gasteiger partial charge >= 0.3 is 0 Å². The molecular formula is C5H8Br2N6. The lowest BCUT2D eigenvalue weighted by Gasteiger charge is -1.99. The summed E-state index contributed by atoms with van der Waals surface area (Å²) in [6.07, 6.45) is 1.31. The minimum absolute atomic E-state index is 0. The molecule has 0 unspecified atom stereocenters. The maximum absolute atomic E-state index is 5.54. The van der Waals surface area contributed by atoms with Crippen LogP contribution in [0.25, 0.3) is 0 Å². The van der Waals surface area contributed by atoms with Crippen LogP contribution in [0.15, 0.2) is 15.9 Å². The van der Waals surface area contributed by atoms with Gasteiger partial charge in [0.25, 0.3) is 0 Å². The molecule has 1 aromatic heterocycles. The molecule has 72 valence electrons. The summed E-state index contributed by atoms with van der Waals surface area (Å²) < 4.78 is 0.470. The largest absolute Gasteiger partial charge is 0.393 e.